The zero-order chi connectivity index (χ0) is 11.7. The Labute approximate surface area is 96.7 Å². The molecule has 2 rings (SSSR count). The minimum Gasteiger partial charge on any atom is -0.464 e. The van der Waals surface area contributed by atoms with E-state index in [9.17, 15) is 4.79 Å². The first-order valence-electron chi connectivity index (χ1n) is 4.66. The van der Waals surface area contributed by atoms with Gasteiger partial charge in [0.15, 0.2) is 5.69 Å². The fourth-order valence-corrected chi connectivity index (χ4v) is 2.06. The highest BCUT2D eigenvalue weighted by molar-refractivity contribution is 7.09. The molecule has 5 nitrogen and oxygen atoms in total. The third-order valence-electron chi connectivity index (χ3n) is 2.21. The van der Waals surface area contributed by atoms with Gasteiger partial charge >= 0.3 is 5.97 Å². The summed E-state index contributed by atoms with van der Waals surface area (Å²) in [7, 11) is 3.06. The molecular weight excluding hydrogens is 226 g/mol. The highest BCUT2D eigenvalue weighted by Crippen LogP contribution is 2.25. The minimum atomic E-state index is -0.402. The van der Waals surface area contributed by atoms with E-state index in [4.69, 9.17) is 4.74 Å². The predicted octanol–water partition coefficient (Wildman–Crippen LogP) is 1.64. The molecule has 84 valence electrons. The van der Waals surface area contributed by atoms with Gasteiger partial charge in [0.2, 0.25) is 0 Å². The lowest BCUT2D eigenvalue weighted by molar-refractivity contribution is 0.0589. The number of aryl methyl sites for hydroxylation is 2. The average molecular weight is 237 g/mol. The van der Waals surface area contributed by atoms with Gasteiger partial charge in [0.25, 0.3) is 0 Å². The number of aromatic nitrogens is 3. The van der Waals surface area contributed by atoms with E-state index in [0.29, 0.717) is 11.3 Å². The van der Waals surface area contributed by atoms with E-state index >= 15 is 0 Å². The summed E-state index contributed by atoms with van der Waals surface area (Å²) in [5.74, 6) is -0.402. The molecular formula is C10H11N3O2S. The van der Waals surface area contributed by atoms with Crippen LogP contribution >= 0.6 is 11.3 Å². The number of rotatable bonds is 2. The number of methoxy groups -OCH3 is 1. The lowest BCUT2D eigenvalue weighted by Gasteiger charge is -2.01. The molecule has 0 bridgehead atoms. The van der Waals surface area contributed by atoms with Gasteiger partial charge in [-0.1, -0.05) is 0 Å². The number of hydrogen-bond donors (Lipinski definition) is 0. The van der Waals surface area contributed by atoms with Crippen LogP contribution in [0.25, 0.3) is 11.3 Å². The number of thiazole rings is 1. The van der Waals surface area contributed by atoms with Gasteiger partial charge in [0, 0.05) is 12.4 Å². The number of carbonyl (C=O) groups is 1. The number of nitrogens with zero attached hydrogens (tertiary/aromatic N) is 3. The topological polar surface area (TPSA) is 57.0 Å². The third kappa shape index (κ3) is 1.71. The first-order valence-corrected chi connectivity index (χ1v) is 5.54. The number of ether oxygens (including phenoxy) is 1. The van der Waals surface area contributed by atoms with Gasteiger partial charge in [0.05, 0.1) is 29.6 Å². The highest BCUT2D eigenvalue weighted by Gasteiger charge is 2.19. The van der Waals surface area contributed by atoms with Crippen molar-refractivity contribution in [3.05, 3.63) is 22.3 Å². The molecule has 0 saturated carbocycles. The zero-order valence-corrected chi connectivity index (χ0v) is 10.0. The van der Waals surface area contributed by atoms with Gasteiger partial charge in [-0.2, -0.15) is 5.10 Å². The standard InChI is InChI=1S/C10H11N3O2S/c1-6-12-8(5-16-6)7-4-11-13(2)9(7)10(14)15-3/h4-5H,1-3H3. The van der Waals surface area contributed by atoms with Crippen LogP contribution in [0.15, 0.2) is 11.6 Å². The number of esters is 1. The third-order valence-corrected chi connectivity index (χ3v) is 2.99. The quantitative estimate of drug-likeness (QED) is 0.745. The zero-order valence-electron chi connectivity index (χ0n) is 9.22. The van der Waals surface area contributed by atoms with Crippen molar-refractivity contribution >= 4 is 17.3 Å². The van der Waals surface area contributed by atoms with Crippen molar-refractivity contribution in [1.29, 1.82) is 0 Å². The Balaban J connectivity index is 2.53. The summed E-state index contributed by atoms with van der Waals surface area (Å²) in [6, 6.07) is 0. The summed E-state index contributed by atoms with van der Waals surface area (Å²) < 4.78 is 6.22. The molecule has 0 spiro atoms. The lowest BCUT2D eigenvalue weighted by Crippen LogP contribution is -2.09. The normalized spacial score (nSPS) is 10.4. The van der Waals surface area contributed by atoms with Crippen molar-refractivity contribution in [2.75, 3.05) is 7.11 Å². The molecule has 2 aromatic rings. The van der Waals surface area contributed by atoms with Gasteiger partial charge in [-0.3, -0.25) is 4.68 Å². The SMILES string of the molecule is COC(=O)c1c(-c2csc(C)n2)cnn1C. The van der Waals surface area contributed by atoms with Crippen molar-refractivity contribution in [2.45, 2.75) is 6.92 Å². The van der Waals surface area contributed by atoms with Crippen LogP contribution in [0.4, 0.5) is 0 Å². The minimum absolute atomic E-state index is 0.402. The molecule has 0 amide bonds. The van der Waals surface area contributed by atoms with E-state index in [-0.39, 0.29) is 0 Å². The van der Waals surface area contributed by atoms with Crippen molar-refractivity contribution < 1.29 is 9.53 Å². The molecule has 2 heterocycles. The average Bonchev–Trinajstić information content (AvgIpc) is 2.83. The maximum Gasteiger partial charge on any atom is 0.357 e. The van der Waals surface area contributed by atoms with Crippen LogP contribution in [0.2, 0.25) is 0 Å². The molecule has 0 aliphatic heterocycles. The largest absolute Gasteiger partial charge is 0.464 e. The Morgan fingerprint density at radius 3 is 2.88 bits per heavy atom. The number of carbonyl (C=O) groups excluding carboxylic acids is 1. The van der Waals surface area contributed by atoms with Gasteiger partial charge in [0.1, 0.15) is 0 Å². The van der Waals surface area contributed by atoms with Crippen molar-refractivity contribution in [2.24, 2.45) is 7.05 Å². The first-order chi connectivity index (χ1) is 7.63. The highest BCUT2D eigenvalue weighted by atomic mass is 32.1. The summed E-state index contributed by atoms with van der Waals surface area (Å²) >= 11 is 1.54. The fraction of sp³-hybridized carbons (Fsp3) is 0.300. The molecule has 0 aromatic carbocycles. The van der Waals surface area contributed by atoms with Gasteiger partial charge in [-0.15, -0.1) is 11.3 Å². The molecule has 2 aromatic heterocycles. The van der Waals surface area contributed by atoms with Crippen LogP contribution in [0.1, 0.15) is 15.5 Å². The maximum absolute atomic E-state index is 11.6. The van der Waals surface area contributed by atoms with Crippen LogP contribution in [-0.4, -0.2) is 27.8 Å². The molecule has 0 aliphatic carbocycles. The van der Waals surface area contributed by atoms with E-state index in [0.717, 1.165) is 10.7 Å². The predicted molar refractivity (Wildman–Crippen MR) is 60.4 cm³/mol. The molecule has 0 unspecified atom stereocenters. The number of hydrogen-bond acceptors (Lipinski definition) is 5. The first kappa shape index (κ1) is 10.8. The molecule has 0 fully saturated rings. The molecule has 0 N–H and O–H groups in total. The Bertz CT molecular complexity index is 530. The Morgan fingerprint density at radius 2 is 2.31 bits per heavy atom. The van der Waals surface area contributed by atoms with Gasteiger partial charge < -0.3 is 4.74 Å². The van der Waals surface area contributed by atoms with E-state index < -0.39 is 5.97 Å². The van der Waals surface area contributed by atoms with Crippen molar-refractivity contribution in [3.8, 4) is 11.3 Å². The van der Waals surface area contributed by atoms with Crippen molar-refractivity contribution in [3.63, 3.8) is 0 Å². The Hall–Kier alpha value is -1.69. The molecule has 16 heavy (non-hydrogen) atoms. The molecule has 0 aliphatic rings. The van der Waals surface area contributed by atoms with Crippen molar-refractivity contribution in [1.82, 2.24) is 14.8 Å². The van der Waals surface area contributed by atoms with E-state index in [2.05, 4.69) is 10.1 Å². The van der Waals surface area contributed by atoms with Crippen LogP contribution in [-0.2, 0) is 11.8 Å². The van der Waals surface area contributed by atoms with Crippen LogP contribution in [0.3, 0.4) is 0 Å². The summed E-state index contributed by atoms with van der Waals surface area (Å²) in [5, 5.41) is 6.91. The van der Waals surface area contributed by atoms with Crippen LogP contribution in [0, 0.1) is 6.92 Å². The van der Waals surface area contributed by atoms with Gasteiger partial charge in [-0.05, 0) is 6.92 Å². The summed E-state index contributed by atoms with van der Waals surface area (Å²) in [6.45, 7) is 1.92. The lowest BCUT2D eigenvalue weighted by atomic mass is 10.2. The smallest absolute Gasteiger partial charge is 0.357 e. The molecule has 6 heteroatoms. The second-order valence-corrected chi connectivity index (χ2v) is 4.34. The summed E-state index contributed by atoms with van der Waals surface area (Å²) in [4.78, 5) is 15.9. The Morgan fingerprint density at radius 1 is 1.56 bits per heavy atom. The van der Waals surface area contributed by atoms with Gasteiger partial charge in [-0.25, -0.2) is 9.78 Å². The van der Waals surface area contributed by atoms with E-state index in [1.54, 1.807) is 13.2 Å². The summed E-state index contributed by atoms with van der Waals surface area (Å²) in [5.41, 5.74) is 1.89. The van der Waals surface area contributed by atoms with E-state index in [1.165, 1.54) is 23.1 Å². The fourth-order valence-electron chi connectivity index (χ4n) is 1.45. The molecule has 0 radical (unpaired) electrons. The van der Waals surface area contributed by atoms with E-state index in [1.807, 2.05) is 12.3 Å². The summed E-state index contributed by atoms with van der Waals surface area (Å²) in [6.07, 6.45) is 1.63. The van der Waals surface area contributed by atoms with Crippen LogP contribution in [0.5, 0.6) is 0 Å². The maximum atomic E-state index is 11.6. The Kier molecular flexibility index (Phi) is 2.74. The second kappa shape index (κ2) is 4.05. The monoisotopic (exact) mass is 237 g/mol. The van der Waals surface area contributed by atoms with Crippen LogP contribution < -0.4 is 0 Å². The molecule has 0 atom stereocenters. The molecule has 0 saturated heterocycles. The second-order valence-electron chi connectivity index (χ2n) is 3.27.